The average molecular weight is 572 g/mol. The number of nitrogens with zero attached hydrogens (tertiary/aromatic N) is 4. The number of aromatic nitrogens is 2. The fraction of sp³-hybridized carbons (Fsp3) is 0.400. The molecule has 0 saturated carbocycles. The number of carbonyl (C=O) groups is 3. The number of hydrogen-bond acceptors (Lipinski definition) is 8. The van der Waals surface area contributed by atoms with Crippen molar-refractivity contribution >= 4 is 17.7 Å². The van der Waals surface area contributed by atoms with Crippen LogP contribution in [0.15, 0.2) is 45.7 Å². The second-order valence-corrected chi connectivity index (χ2v) is 11.0. The van der Waals surface area contributed by atoms with Gasteiger partial charge >= 0.3 is 5.76 Å². The highest BCUT2D eigenvalue weighted by molar-refractivity contribution is 5.94. The molecule has 42 heavy (non-hydrogen) atoms. The first-order valence-corrected chi connectivity index (χ1v) is 13.9. The van der Waals surface area contributed by atoms with E-state index >= 15 is 0 Å². The molecule has 2 aliphatic rings. The number of nitriles is 1. The summed E-state index contributed by atoms with van der Waals surface area (Å²) in [5.74, 6) is -1.73. The van der Waals surface area contributed by atoms with Crippen molar-refractivity contribution < 1.29 is 18.9 Å². The molecule has 1 unspecified atom stereocenters. The maximum atomic E-state index is 13.0. The molecule has 5 rings (SSSR count). The third-order valence-corrected chi connectivity index (χ3v) is 8.39. The number of rotatable bonds is 8. The van der Waals surface area contributed by atoms with Gasteiger partial charge < -0.3 is 26.2 Å². The maximum absolute atomic E-state index is 13.0. The number of likely N-dealkylation sites (tertiary alicyclic amines) is 1. The Morgan fingerprint density at radius 2 is 1.71 bits per heavy atom. The van der Waals surface area contributed by atoms with Crippen molar-refractivity contribution in [2.24, 2.45) is 18.5 Å². The lowest BCUT2D eigenvalue weighted by Crippen LogP contribution is -2.46. The van der Waals surface area contributed by atoms with Gasteiger partial charge in [-0.25, -0.2) is 4.79 Å². The van der Waals surface area contributed by atoms with Gasteiger partial charge in [0.1, 0.15) is 6.04 Å². The lowest BCUT2D eigenvalue weighted by Gasteiger charge is -2.37. The van der Waals surface area contributed by atoms with Crippen molar-refractivity contribution in [3.8, 4) is 6.07 Å². The van der Waals surface area contributed by atoms with Gasteiger partial charge in [-0.15, -0.1) is 0 Å². The SMILES string of the molecule is C[C@H](CC1(c2nc(=O)on2C)c2ccc(C(N)=O)cc2CCc2cc(C(N)=O)ccc21)NCC(=O)N1CCCC1C#N. The minimum atomic E-state index is -1.09. The van der Waals surface area contributed by atoms with E-state index in [1.54, 1.807) is 36.2 Å². The number of amides is 3. The third-order valence-electron chi connectivity index (χ3n) is 8.39. The molecule has 0 radical (unpaired) electrons. The largest absolute Gasteiger partial charge is 0.459 e. The highest BCUT2D eigenvalue weighted by Crippen LogP contribution is 2.47. The summed E-state index contributed by atoms with van der Waals surface area (Å²) in [7, 11) is 1.60. The zero-order chi connectivity index (χ0) is 30.2. The summed E-state index contributed by atoms with van der Waals surface area (Å²) >= 11 is 0. The van der Waals surface area contributed by atoms with Crippen LogP contribution in [-0.4, -0.2) is 57.5 Å². The van der Waals surface area contributed by atoms with Crippen LogP contribution < -0.4 is 22.5 Å². The molecule has 2 atom stereocenters. The zero-order valence-electron chi connectivity index (χ0n) is 23.6. The van der Waals surface area contributed by atoms with Crippen molar-refractivity contribution in [3.05, 3.63) is 86.2 Å². The molecular formula is C30H33N7O5. The van der Waals surface area contributed by atoms with Crippen molar-refractivity contribution in [2.45, 2.75) is 56.5 Å². The predicted molar refractivity (Wildman–Crippen MR) is 151 cm³/mol. The van der Waals surface area contributed by atoms with Gasteiger partial charge in [0, 0.05) is 30.8 Å². The summed E-state index contributed by atoms with van der Waals surface area (Å²) in [6.45, 7) is 2.50. The Morgan fingerprint density at radius 1 is 1.12 bits per heavy atom. The molecule has 1 aromatic heterocycles. The first-order valence-electron chi connectivity index (χ1n) is 13.9. The Bertz CT molecular complexity index is 1600. The molecule has 218 valence electrons. The highest BCUT2D eigenvalue weighted by Gasteiger charge is 2.46. The summed E-state index contributed by atoms with van der Waals surface area (Å²) in [5, 5.41) is 12.7. The van der Waals surface area contributed by atoms with Gasteiger partial charge in [0.15, 0.2) is 5.82 Å². The Morgan fingerprint density at radius 3 is 2.21 bits per heavy atom. The molecule has 3 aromatic rings. The van der Waals surface area contributed by atoms with Crippen LogP contribution in [0.25, 0.3) is 0 Å². The fourth-order valence-corrected chi connectivity index (χ4v) is 6.50. The molecule has 1 aliphatic carbocycles. The first-order chi connectivity index (χ1) is 20.0. The van der Waals surface area contributed by atoms with E-state index in [0.717, 1.165) is 28.7 Å². The van der Waals surface area contributed by atoms with Crippen LogP contribution in [0.5, 0.6) is 0 Å². The Hall–Kier alpha value is -4.76. The van der Waals surface area contributed by atoms with Crippen molar-refractivity contribution in [3.63, 3.8) is 0 Å². The van der Waals surface area contributed by atoms with Crippen LogP contribution in [-0.2, 0) is 30.1 Å². The van der Waals surface area contributed by atoms with Gasteiger partial charge in [-0.2, -0.15) is 15.0 Å². The van der Waals surface area contributed by atoms with Crippen LogP contribution >= 0.6 is 0 Å². The number of aryl methyl sites for hydroxylation is 3. The molecule has 5 N–H and O–H groups in total. The lowest BCUT2D eigenvalue weighted by molar-refractivity contribution is -0.130. The van der Waals surface area contributed by atoms with E-state index in [-0.39, 0.29) is 18.5 Å². The monoisotopic (exact) mass is 571 g/mol. The van der Waals surface area contributed by atoms with Gasteiger partial charge in [-0.3, -0.25) is 14.4 Å². The van der Waals surface area contributed by atoms with Crippen LogP contribution in [0.3, 0.4) is 0 Å². The predicted octanol–water partition coefficient (Wildman–Crippen LogP) is 0.887. The van der Waals surface area contributed by atoms with Gasteiger partial charge in [-0.05, 0) is 85.5 Å². The van der Waals surface area contributed by atoms with E-state index in [9.17, 15) is 24.4 Å². The van der Waals surface area contributed by atoms with Gasteiger partial charge in [-0.1, -0.05) is 12.1 Å². The quantitative estimate of drug-likeness (QED) is 0.355. The van der Waals surface area contributed by atoms with E-state index in [1.165, 1.54) is 4.74 Å². The average Bonchev–Trinajstić information content (AvgIpc) is 3.55. The number of fused-ring (bicyclic) bond motifs is 2. The van der Waals surface area contributed by atoms with E-state index in [1.807, 2.05) is 19.1 Å². The molecule has 12 heteroatoms. The normalized spacial score (nSPS) is 17.9. The first kappa shape index (κ1) is 28.8. The minimum Gasteiger partial charge on any atom is -0.366 e. The summed E-state index contributed by atoms with van der Waals surface area (Å²) < 4.78 is 6.69. The van der Waals surface area contributed by atoms with Gasteiger partial charge in [0.25, 0.3) is 0 Å². The highest BCUT2D eigenvalue weighted by atomic mass is 16.5. The maximum Gasteiger partial charge on any atom is 0.459 e. The van der Waals surface area contributed by atoms with Crippen molar-refractivity contribution in [2.75, 3.05) is 13.1 Å². The molecule has 0 bridgehead atoms. The molecule has 1 aliphatic heterocycles. The number of benzene rings is 2. The number of hydrogen-bond donors (Lipinski definition) is 3. The Kier molecular flexibility index (Phi) is 7.71. The van der Waals surface area contributed by atoms with E-state index < -0.39 is 29.0 Å². The van der Waals surface area contributed by atoms with Crippen LogP contribution in [0.4, 0.5) is 0 Å². The lowest BCUT2D eigenvalue weighted by atomic mass is 9.67. The van der Waals surface area contributed by atoms with Crippen molar-refractivity contribution in [1.29, 1.82) is 5.26 Å². The van der Waals surface area contributed by atoms with Crippen LogP contribution in [0, 0.1) is 11.3 Å². The van der Waals surface area contributed by atoms with E-state index in [4.69, 9.17) is 16.0 Å². The van der Waals surface area contributed by atoms with Crippen LogP contribution in [0.2, 0.25) is 0 Å². The summed E-state index contributed by atoms with van der Waals surface area (Å²) in [5.41, 5.74) is 14.1. The fourth-order valence-electron chi connectivity index (χ4n) is 6.50. The zero-order valence-corrected chi connectivity index (χ0v) is 23.6. The second-order valence-electron chi connectivity index (χ2n) is 11.0. The van der Waals surface area contributed by atoms with Gasteiger partial charge in [0.05, 0.1) is 18.0 Å². The van der Waals surface area contributed by atoms with Crippen molar-refractivity contribution in [1.82, 2.24) is 19.9 Å². The third kappa shape index (κ3) is 5.07. The molecular weight excluding hydrogens is 538 g/mol. The van der Waals surface area contributed by atoms with Gasteiger partial charge in [0.2, 0.25) is 17.7 Å². The number of primary amides is 2. The van der Waals surface area contributed by atoms with E-state index in [0.29, 0.717) is 49.2 Å². The summed E-state index contributed by atoms with van der Waals surface area (Å²) in [6, 6.07) is 11.9. The Balaban J connectivity index is 1.65. The summed E-state index contributed by atoms with van der Waals surface area (Å²) in [4.78, 5) is 55.6. The number of nitrogens with two attached hydrogens (primary N) is 2. The standard InChI is InChI=1S/C30H33N7O5/c1-17(34-16-25(38)37-11-3-4-22(37)15-31)14-30(28-35-29(41)42-36(28)2)23-9-7-20(26(32)39)12-18(23)5-6-19-13-21(27(33)40)8-10-24(19)30/h7-10,12-13,17,22,34H,3-6,11,14,16H2,1-2H3,(H2,32,39)(H2,33,40)/t17-,22?/m1/s1. The minimum absolute atomic E-state index is 0.0219. The molecule has 1 saturated heterocycles. The second kappa shape index (κ2) is 11.3. The van der Waals surface area contributed by atoms with Crippen LogP contribution in [0.1, 0.15) is 75.0 Å². The molecule has 12 nitrogen and oxygen atoms in total. The summed E-state index contributed by atoms with van der Waals surface area (Å²) in [6.07, 6.45) is 2.81. The molecule has 3 amide bonds. The molecule has 2 heterocycles. The smallest absolute Gasteiger partial charge is 0.366 e. The topological polar surface area (TPSA) is 190 Å². The molecule has 0 spiro atoms. The Labute approximate surface area is 242 Å². The molecule has 2 aromatic carbocycles. The van der Waals surface area contributed by atoms with E-state index in [2.05, 4.69) is 16.4 Å². The number of nitrogens with one attached hydrogen (secondary N) is 1. The number of carbonyl (C=O) groups excluding carboxylic acids is 3. The molecule has 1 fully saturated rings.